The van der Waals surface area contributed by atoms with Gasteiger partial charge in [0.05, 0.1) is 17.9 Å². The molecule has 0 aliphatic carbocycles. The SMILES string of the molecule is CCCS(=O)(=O)Oc1cccc(/C(Cn2cc(C(=O)O)c3ccccc32)=N/OCC)c1. The van der Waals surface area contributed by atoms with Gasteiger partial charge >= 0.3 is 16.1 Å². The summed E-state index contributed by atoms with van der Waals surface area (Å²) < 4.78 is 31.0. The average molecular weight is 445 g/mol. The highest BCUT2D eigenvalue weighted by Gasteiger charge is 2.17. The molecule has 31 heavy (non-hydrogen) atoms. The monoisotopic (exact) mass is 444 g/mol. The maximum atomic E-state index is 12.0. The van der Waals surface area contributed by atoms with E-state index in [4.69, 9.17) is 9.02 Å². The maximum Gasteiger partial charge on any atom is 0.337 e. The van der Waals surface area contributed by atoms with Gasteiger partial charge in [-0.1, -0.05) is 42.4 Å². The van der Waals surface area contributed by atoms with Crippen molar-refractivity contribution in [3.05, 3.63) is 65.9 Å². The van der Waals surface area contributed by atoms with E-state index in [1.54, 1.807) is 61.0 Å². The third-order valence-corrected chi connectivity index (χ3v) is 5.84. The highest BCUT2D eigenvalue weighted by molar-refractivity contribution is 7.87. The molecule has 164 valence electrons. The first-order valence-corrected chi connectivity index (χ1v) is 11.4. The lowest BCUT2D eigenvalue weighted by Gasteiger charge is -2.11. The fraction of sp³-hybridized carbons (Fsp3) is 0.273. The van der Waals surface area contributed by atoms with Crippen molar-refractivity contribution in [3.63, 3.8) is 0 Å². The van der Waals surface area contributed by atoms with Crippen molar-refractivity contribution in [2.24, 2.45) is 5.16 Å². The van der Waals surface area contributed by atoms with Crippen LogP contribution in [-0.2, 0) is 21.5 Å². The topological polar surface area (TPSA) is 107 Å². The Morgan fingerprint density at radius 3 is 2.61 bits per heavy atom. The lowest BCUT2D eigenvalue weighted by molar-refractivity contribution is 0.0698. The van der Waals surface area contributed by atoms with Crippen LogP contribution in [0.2, 0.25) is 0 Å². The lowest BCUT2D eigenvalue weighted by atomic mass is 10.1. The summed E-state index contributed by atoms with van der Waals surface area (Å²) in [6.45, 7) is 4.12. The van der Waals surface area contributed by atoms with Crippen molar-refractivity contribution in [3.8, 4) is 5.75 Å². The summed E-state index contributed by atoms with van der Waals surface area (Å²) in [6, 6.07) is 13.8. The summed E-state index contributed by atoms with van der Waals surface area (Å²) in [5.41, 5.74) is 2.03. The Bertz CT molecular complexity index is 1210. The number of oxime groups is 1. The van der Waals surface area contributed by atoms with Crippen molar-refractivity contribution < 1.29 is 27.3 Å². The molecule has 0 bridgehead atoms. The first-order chi connectivity index (χ1) is 14.8. The largest absolute Gasteiger partial charge is 0.478 e. The molecule has 0 aliphatic rings. The van der Waals surface area contributed by atoms with Gasteiger partial charge < -0.3 is 18.7 Å². The number of carboxylic acids is 1. The fourth-order valence-corrected chi connectivity index (χ4v) is 4.17. The van der Waals surface area contributed by atoms with Crippen molar-refractivity contribution in [2.75, 3.05) is 12.4 Å². The molecule has 8 nitrogen and oxygen atoms in total. The number of hydrogen-bond donors (Lipinski definition) is 1. The second-order valence-electron chi connectivity index (χ2n) is 6.82. The van der Waals surface area contributed by atoms with Gasteiger partial charge in [0.2, 0.25) is 0 Å². The summed E-state index contributed by atoms with van der Waals surface area (Å²) >= 11 is 0. The van der Waals surface area contributed by atoms with Crippen LogP contribution < -0.4 is 4.18 Å². The van der Waals surface area contributed by atoms with E-state index in [9.17, 15) is 18.3 Å². The van der Waals surface area contributed by atoms with E-state index in [-0.39, 0.29) is 23.6 Å². The molecule has 0 unspecified atom stereocenters. The third-order valence-electron chi connectivity index (χ3n) is 4.49. The van der Waals surface area contributed by atoms with Crippen LogP contribution in [0.4, 0.5) is 0 Å². The van der Waals surface area contributed by atoms with Gasteiger partial charge in [0.1, 0.15) is 18.1 Å². The minimum absolute atomic E-state index is 0.0789. The zero-order valence-electron chi connectivity index (χ0n) is 17.3. The molecule has 0 saturated carbocycles. The maximum absolute atomic E-state index is 12.0. The van der Waals surface area contributed by atoms with Crippen LogP contribution in [-0.4, -0.2) is 42.1 Å². The molecular weight excluding hydrogens is 420 g/mol. The highest BCUT2D eigenvalue weighted by Crippen LogP contribution is 2.23. The Balaban J connectivity index is 1.99. The van der Waals surface area contributed by atoms with Crippen molar-refractivity contribution >= 4 is 32.7 Å². The van der Waals surface area contributed by atoms with Gasteiger partial charge in [0.15, 0.2) is 0 Å². The van der Waals surface area contributed by atoms with Gasteiger partial charge in [-0.05, 0) is 31.5 Å². The number of hydrogen-bond acceptors (Lipinski definition) is 6. The molecule has 1 heterocycles. The number of carbonyl (C=O) groups is 1. The molecule has 0 amide bonds. The molecule has 1 aromatic heterocycles. The van der Waals surface area contributed by atoms with E-state index in [0.717, 1.165) is 5.52 Å². The van der Waals surface area contributed by atoms with Crippen LogP contribution in [0, 0.1) is 0 Å². The van der Waals surface area contributed by atoms with Crippen LogP contribution >= 0.6 is 0 Å². The molecule has 0 radical (unpaired) electrons. The van der Waals surface area contributed by atoms with E-state index in [1.165, 1.54) is 0 Å². The predicted molar refractivity (Wildman–Crippen MR) is 118 cm³/mol. The van der Waals surface area contributed by atoms with Gasteiger partial charge in [-0.3, -0.25) is 0 Å². The number of aromatic carboxylic acids is 1. The van der Waals surface area contributed by atoms with E-state index in [0.29, 0.717) is 29.7 Å². The predicted octanol–water partition coefficient (Wildman–Crippen LogP) is 3.90. The smallest absolute Gasteiger partial charge is 0.337 e. The fourth-order valence-electron chi connectivity index (χ4n) is 3.19. The Morgan fingerprint density at radius 2 is 1.90 bits per heavy atom. The molecule has 0 spiro atoms. The Morgan fingerprint density at radius 1 is 1.13 bits per heavy atom. The second-order valence-corrected chi connectivity index (χ2v) is 8.51. The minimum atomic E-state index is -3.68. The summed E-state index contributed by atoms with van der Waals surface area (Å²) in [7, 11) is -3.68. The van der Waals surface area contributed by atoms with Crippen LogP contribution in [0.15, 0.2) is 59.9 Å². The lowest BCUT2D eigenvalue weighted by Crippen LogP contribution is -2.15. The van der Waals surface area contributed by atoms with Crippen LogP contribution in [0.25, 0.3) is 10.9 Å². The Labute approximate surface area is 180 Å². The number of rotatable bonds is 10. The molecule has 0 saturated heterocycles. The molecule has 2 aromatic carbocycles. The van der Waals surface area contributed by atoms with E-state index < -0.39 is 16.1 Å². The first-order valence-electron chi connectivity index (χ1n) is 9.87. The quantitative estimate of drug-likeness (QED) is 0.289. The van der Waals surface area contributed by atoms with E-state index in [2.05, 4.69) is 5.16 Å². The summed E-state index contributed by atoms with van der Waals surface area (Å²) in [5.74, 6) is -0.918. The Kier molecular flexibility index (Phi) is 6.96. The number of aromatic nitrogens is 1. The van der Waals surface area contributed by atoms with Crippen molar-refractivity contribution in [1.82, 2.24) is 4.57 Å². The van der Waals surface area contributed by atoms with Crippen LogP contribution in [0.1, 0.15) is 36.2 Å². The average Bonchev–Trinajstić information content (AvgIpc) is 3.09. The molecule has 3 rings (SSSR count). The third kappa shape index (κ3) is 5.43. The molecule has 1 N–H and O–H groups in total. The molecule has 3 aromatic rings. The normalized spacial score (nSPS) is 12.1. The van der Waals surface area contributed by atoms with Gasteiger partial charge in [-0.2, -0.15) is 8.42 Å². The van der Waals surface area contributed by atoms with E-state index in [1.807, 2.05) is 12.1 Å². The van der Waals surface area contributed by atoms with E-state index >= 15 is 0 Å². The number of para-hydroxylation sites is 1. The Hall–Kier alpha value is -3.33. The molecule has 0 aliphatic heterocycles. The minimum Gasteiger partial charge on any atom is -0.478 e. The van der Waals surface area contributed by atoms with Crippen molar-refractivity contribution in [1.29, 1.82) is 0 Å². The number of nitrogens with zero attached hydrogens (tertiary/aromatic N) is 2. The van der Waals surface area contributed by atoms with Gasteiger partial charge in [0, 0.05) is 22.7 Å². The molecule has 0 atom stereocenters. The molecular formula is C22H24N2O6S. The molecule has 0 fully saturated rings. The van der Waals surface area contributed by atoms with Crippen LogP contribution in [0.3, 0.4) is 0 Å². The number of carboxylic acid groups (broad SMARTS) is 1. The van der Waals surface area contributed by atoms with Gasteiger partial charge in [-0.15, -0.1) is 0 Å². The molecule has 9 heteroatoms. The van der Waals surface area contributed by atoms with Gasteiger partial charge in [0.25, 0.3) is 0 Å². The summed E-state index contributed by atoms with van der Waals surface area (Å²) in [6.07, 6.45) is 2.01. The standard InChI is InChI=1S/C22H24N2O6S/c1-3-12-31(27,28)30-17-9-7-8-16(13-17)20(23-29-4-2)15-24-14-19(22(25)26)18-10-5-6-11-21(18)24/h5-11,13-14H,3-4,12,15H2,1-2H3,(H,25,26)/b23-20+. The van der Waals surface area contributed by atoms with Crippen LogP contribution in [0.5, 0.6) is 5.75 Å². The summed E-state index contributed by atoms with van der Waals surface area (Å²) in [5, 5.41) is 14.3. The second kappa shape index (κ2) is 9.65. The number of fused-ring (bicyclic) bond motifs is 1. The highest BCUT2D eigenvalue weighted by atomic mass is 32.2. The summed E-state index contributed by atoms with van der Waals surface area (Å²) in [4.78, 5) is 16.9. The van der Waals surface area contributed by atoms with Crippen molar-refractivity contribution in [2.45, 2.75) is 26.8 Å². The first kappa shape index (κ1) is 22.4. The van der Waals surface area contributed by atoms with Gasteiger partial charge in [-0.25, -0.2) is 4.79 Å². The number of benzene rings is 2. The zero-order valence-corrected chi connectivity index (χ0v) is 18.1. The zero-order chi connectivity index (χ0) is 22.4.